The van der Waals surface area contributed by atoms with Crippen LogP contribution in [0.2, 0.25) is 0 Å². The molecule has 1 atom stereocenters. The molecule has 0 saturated heterocycles. The van der Waals surface area contributed by atoms with Crippen LogP contribution in [-0.4, -0.2) is 23.5 Å². The van der Waals surface area contributed by atoms with Crippen molar-refractivity contribution in [1.29, 1.82) is 0 Å². The van der Waals surface area contributed by atoms with Crippen molar-refractivity contribution in [1.82, 2.24) is 10.3 Å². The lowest BCUT2D eigenvalue weighted by molar-refractivity contribution is 0.0937. The van der Waals surface area contributed by atoms with Crippen LogP contribution in [0.25, 0.3) is 0 Å². The minimum atomic E-state index is -0.363. The Hall–Kier alpha value is -1.62. The molecule has 5 heteroatoms. The van der Waals surface area contributed by atoms with Crippen molar-refractivity contribution in [3.05, 3.63) is 34.2 Å². The Morgan fingerprint density at radius 1 is 1.67 bits per heavy atom. The topological polar surface area (TPSA) is 88.0 Å². The molecular formula is C10H15N3O2. The van der Waals surface area contributed by atoms with Crippen molar-refractivity contribution < 1.29 is 4.79 Å². The number of rotatable bonds is 4. The zero-order chi connectivity index (χ0) is 11.3. The lowest BCUT2D eigenvalue weighted by Crippen LogP contribution is -2.36. The first-order chi connectivity index (χ1) is 7.15. The molecular weight excluding hydrogens is 194 g/mol. The first-order valence-corrected chi connectivity index (χ1v) is 4.83. The van der Waals surface area contributed by atoms with Gasteiger partial charge < -0.3 is 16.0 Å². The molecule has 0 aliphatic heterocycles. The number of amides is 1. The maximum absolute atomic E-state index is 11.6. The van der Waals surface area contributed by atoms with E-state index in [1.165, 1.54) is 18.5 Å². The standard InChI is InChI=1S/C10H15N3O2/c1-7(2-4-11)13-10(15)8-6-12-5-3-9(8)14/h3,5-7H,2,4,11H2,1H3,(H,12,14)(H,13,15). The fourth-order valence-electron chi connectivity index (χ4n) is 1.22. The third-order valence-electron chi connectivity index (χ3n) is 2.05. The molecule has 5 nitrogen and oxygen atoms in total. The molecule has 1 amide bonds. The van der Waals surface area contributed by atoms with Crippen molar-refractivity contribution in [2.24, 2.45) is 5.73 Å². The summed E-state index contributed by atoms with van der Waals surface area (Å²) in [5.74, 6) is -0.363. The fraction of sp³-hybridized carbons (Fsp3) is 0.400. The van der Waals surface area contributed by atoms with Crippen LogP contribution in [0.1, 0.15) is 23.7 Å². The van der Waals surface area contributed by atoms with E-state index in [1.807, 2.05) is 6.92 Å². The molecule has 1 heterocycles. The summed E-state index contributed by atoms with van der Waals surface area (Å²) in [5.41, 5.74) is 5.19. The van der Waals surface area contributed by atoms with Gasteiger partial charge in [0.05, 0.1) is 0 Å². The second-order valence-corrected chi connectivity index (χ2v) is 3.37. The number of H-pyrrole nitrogens is 1. The maximum atomic E-state index is 11.6. The molecule has 1 aromatic heterocycles. The number of aromatic nitrogens is 1. The first kappa shape index (κ1) is 11.5. The van der Waals surface area contributed by atoms with Crippen molar-refractivity contribution >= 4 is 5.91 Å². The molecule has 0 bridgehead atoms. The Labute approximate surface area is 87.7 Å². The molecule has 0 aliphatic carbocycles. The molecule has 1 rings (SSSR count). The van der Waals surface area contributed by atoms with E-state index in [9.17, 15) is 9.59 Å². The van der Waals surface area contributed by atoms with E-state index < -0.39 is 0 Å². The van der Waals surface area contributed by atoms with E-state index in [-0.39, 0.29) is 22.9 Å². The molecule has 0 fully saturated rings. The van der Waals surface area contributed by atoms with Gasteiger partial charge in [0.25, 0.3) is 5.91 Å². The van der Waals surface area contributed by atoms with Gasteiger partial charge in [0.15, 0.2) is 5.43 Å². The normalized spacial score (nSPS) is 12.1. The van der Waals surface area contributed by atoms with Crippen LogP contribution in [0, 0.1) is 0 Å². The van der Waals surface area contributed by atoms with Gasteiger partial charge in [-0.1, -0.05) is 0 Å². The van der Waals surface area contributed by atoms with Crippen molar-refractivity contribution in [2.75, 3.05) is 6.54 Å². The summed E-state index contributed by atoms with van der Waals surface area (Å²) >= 11 is 0. The summed E-state index contributed by atoms with van der Waals surface area (Å²) in [7, 11) is 0. The van der Waals surface area contributed by atoms with Crippen LogP contribution in [0.5, 0.6) is 0 Å². The van der Waals surface area contributed by atoms with Crippen molar-refractivity contribution in [3.63, 3.8) is 0 Å². The number of carbonyl (C=O) groups is 1. The molecule has 0 spiro atoms. The monoisotopic (exact) mass is 209 g/mol. The van der Waals surface area contributed by atoms with Gasteiger partial charge in [-0.25, -0.2) is 0 Å². The minimum Gasteiger partial charge on any atom is -0.367 e. The van der Waals surface area contributed by atoms with Gasteiger partial charge in [-0.15, -0.1) is 0 Å². The number of pyridine rings is 1. The Kier molecular flexibility index (Phi) is 4.05. The van der Waals surface area contributed by atoms with E-state index in [0.717, 1.165) is 0 Å². The molecule has 0 saturated carbocycles. The zero-order valence-corrected chi connectivity index (χ0v) is 8.62. The summed E-state index contributed by atoms with van der Waals surface area (Å²) in [4.78, 5) is 25.6. The lowest BCUT2D eigenvalue weighted by Gasteiger charge is -2.11. The highest BCUT2D eigenvalue weighted by molar-refractivity contribution is 5.93. The quantitative estimate of drug-likeness (QED) is 0.644. The van der Waals surface area contributed by atoms with E-state index in [0.29, 0.717) is 13.0 Å². The van der Waals surface area contributed by atoms with Gasteiger partial charge in [0, 0.05) is 24.5 Å². The summed E-state index contributed by atoms with van der Waals surface area (Å²) in [6.45, 7) is 2.36. The Morgan fingerprint density at radius 2 is 2.40 bits per heavy atom. The maximum Gasteiger partial charge on any atom is 0.256 e. The average molecular weight is 209 g/mol. The number of hydrogen-bond acceptors (Lipinski definition) is 3. The van der Waals surface area contributed by atoms with Gasteiger partial charge in [0.1, 0.15) is 5.56 Å². The van der Waals surface area contributed by atoms with Gasteiger partial charge in [-0.05, 0) is 19.9 Å². The summed E-state index contributed by atoms with van der Waals surface area (Å²) in [6, 6.07) is 1.30. The van der Waals surface area contributed by atoms with Crippen LogP contribution in [-0.2, 0) is 0 Å². The number of nitrogens with two attached hydrogens (primary N) is 1. The Balaban J connectivity index is 2.70. The minimum absolute atomic E-state index is 0.0258. The van der Waals surface area contributed by atoms with Crippen LogP contribution >= 0.6 is 0 Å². The second kappa shape index (κ2) is 5.31. The molecule has 82 valence electrons. The van der Waals surface area contributed by atoms with E-state index in [4.69, 9.17) is 5.73 Å². The van der Waals surface area contributed by atoms with Crippen LogP contribution in [0.15, 0.2) is 23.3 Å². The largest absolute Gasteiger partial charge is 0.367 e. The first-order valence-electron chi connectivity index (χ1n) is 4.83. The molecule has 0 radical (unpaired) electrons. The SMILES string of the molecule is CC(CCN)NC(=O)c1c[nH]ccc1=O. The number of aromatic amines is 1. The lowest BCUT2D eigenvalue weighted by atomic mass is 10.2. The number of hydrogen-bond donors (Lipinski definition) is 3. The van der Waals surface area contributed by atoms with E-state index >= 15 is 0 Å². The Bertz CT molecular complexity index is 386. The number of carbonyl (C=O) groups excluding carboxylic acids is 1. The summed E-state index contributed by atoms with van der Waals surface area (Å²) in [5, 5.41) is 2.70. The highest BCUT2D eigenvalue weighted by Gasteiger charge is 2.11. The van der Waals surface area contributed by atoms with Crippen molar-refractivity contribution in [2.45, 2.75) is 19.4 Å². The fourth-order valence-corrected chi connectivity index (χ4v) is 1.22. The van der Waals surface area contributed by atoms with Gasteiger partial charge in [-0.2, -0.15) is 0 Å². The smallest absolute Gasteiger partial charge is 0.256 e. The highest BCUT2D eigenvalue weighted by atomic mass is 16.2. The molecule has 0 aliphatic rings. The summed E-state index contributed by atoms with van der Waals surface area (Å²) in [6.07, 6.45) is 3.58. The molecule has 4 N–H and O–H groups in total. The molecule has 1 aromatic rings. The van der Waals surface area contributed by atoms with E-state index in [1.54, 1.807) is 0 Å². The predicted octanol–water partition coefficient (Wildman–Crippen LogP) is -0.158. The zero-order valence-electron chi connectivity index (χ0n) is 8.62. The molecule has 0 aromatic carbocycles. The van der Waals surface area contributed by atoms with E-state index in [2.05, 4.69) is 10.3 Å². The third kappa shape index (κ3) is 3.21. The van der Waals surface area contributed by atoms with Crippen LogP contribution in [0.3, 0.4) is 0 Å². The number of nitrogens with one attached hydrogen (secondary N) is 2. The Morgan fingerprint density at radius 3 is 3.00 bits per heavy atom. The predicted molar refractivity (Wildman–Crippen MR) is 57.7 cm³/mol. The third-order valence-corrected chi connectivity index (χ3v) is 2.05. The second-order valence-electron chi connectivity index (χ2n) is 3.37. The van der Waals surface area contributed by atoms with Crippen molar-refractivity contribution in [3.8, 4) is 0 Å². The van der Waals surface area contributed by atoms with Crippen LogP contribution in [0.4, 0.5) is 0 Å². The van der Waals surface area contributed by atoms with Gasteiger partial charge in [-0.3, -0.25) is 9.59 Å². The summed E-state index contributed by atoms with van der Waals surface area (Å²) < 4.78 is 0. The highest BCUT2D eigenvalue weighted by Crippen LogP contribution is 1.92. The van der Waals surface area contributed by atoms with Crippen LogP contribution < -0.4 is 16.5 Å². The van der Waals surface area contributed by atoms with Gasteiger partial charge >= 0.3 is 0 Å². The van der Waals surface area contributed by atoms with Gasteiger partial charge in [0.2, 0.25) is 0 Å². The molecule has 1 unspecified atom stereocenters. The average Bonchev–Trinajstić information content (AvgIpc) is 2.18. The molecule has 15 heavy (non-hydrogen) atoms.